The van der Waals surface area contributed by atoms with E-state index in [9.17, 15) is 4.79 Å². The van der Waals surface area contributed by atoms with Crippen LogP contribution >= 0.6 is 11.6 Å². The third-order valence-corrected chi connectivity index (χ3v) is 3.86. The van der Waals surface area contributed by atoms with Gasteiger partial charge in [-0.3, -0.25) is 4.79 Å². The summed E-state index contributed by atoms with van der Waals surface area (Å²) < 4.78 is 5.78. The van der Waals surface area contributed by atoms with Crippen molar-refractivity contribution in [2.24, 2.45) is 0 Å². The maximum absolute atomic E-state index is 11.9. The molecule has 4 nitrogen and oxygen atoms in total. The summed E-state index contributed by atoms with van der Waals surface area (Å²) in [5.74, 6) is 0.740. The number of hydrogen-bond acceptors (Lipinski definition) is 3. The summed E-state index contributed by atoms with van der Waals surface area (Å²) in [4.78, 5) is 11.9. The quantitative estimate of drug-likeness (QED) is 0.686. The number of hydrogen-bond donors (Lipinski definition) is 2. The maximum Gasteiger partial charge on any atom is 0.224 e. The fraction of sp³-hybridized carbons (Fsp3) is 0.316. The number of benzene rings is 2. The highest BCUT2D eigenvalue weighted by atomic mass is 35.5. The third kappa shape index (κ3) is 6.22. The van der Waals surface area contributed by atoms with E-state index in [0.29, 0.717) is 24.6 Å². The van der Waals surface area contributed by atoms with Crippen molar-refractivity contribution in [2.75, 3.05) is 19.6 Å². The van der Waals surface area contributed by atoms with Crippen LogP contribution in [0.5, 0.6) is 5.75 Å². The van der Waals surface area contributed by atoms with Gasteiger partial charge >= 0.3 is 0 Å². The number of carbonyl (C=O) groups is 1. The second-order valence-corrected chi connectivity index (χ2v) is 5.81. The van der Waals surface area contributed by atoms with Gasteiger partial charge < -0.3 is 15.4 Å². The first kappa shape index (κ1) is 18.3. The lowest BCUT2D eigenvalue weighted by molar-refractivity contribution is -0.120. The Morgan fingerprint density at radius 2 is 1.96 bits per heavy atom. The number of rotatable bonds is 9. The van der Waals surface area contributed by atoms with E-state index in [1.807, 2.05) is 55.5 Å². The first-order chi connectivity index (χ1) is 11.7. The summed E-state index contributed by atoms with van der Waals surface area (Å²) in [5, 5.41) is 6.75. The SMILES string of the molecule is CCNCCNC(=O)Cc1cccc(OCc2ccccc2Cl)c1. The molecule has 128 valence electrons. The normalized spacial score (nSPS) is 10.4. The molecule has 0 unspecified atom stereocenters. The lowest BCUT2D eigenvalue weighted by atomic mass is 10.1. The lowest BCUT2D eigenvalue weighted by Gasteiger charge is -2.10. The predicted octanol–water partition coefficient (Wildman–Crippen LogP) is 3.19. The second-order valence-electron chi connectivity index (χ2n) is 5.41. The van der Waals surface area contributed by atoms with E-state index < -0.39 is 0 Å². The molecule has 2 N–H and O–H groups in total. The largest absolute Gasteiger partial charge is 0.489 e. The van der Waals surface area contributed by atoms with Crippen LogP contribution in [0, 0.1) is 0 Å². The molecule has 1 amide bonds. The van der Waals surface area contributed by atoms with E-state index in [1.165, 1.54) is 0 Å². The number of carbonyl (C=O) groups excluding carboxylic acids is 1. The molecule has 0 heterocycles. The monoisotopic (exact) mass is 346 g/mol. The van der Waals surface area contributed by atoms with Crippen LogP contribution in [0.15, 0.2) is 48.5 Å². The minimum Gasteiger partial charge on any atom is -0.489 e. The van der Waals surface area contributed by atoms with Gasteiger partial charge in [0.05, 0.1) is 6.42 Å². The van der Waals surface area contributed by atoms with Crippen molar-refractivity contribution in [1.82, 2.24) is 10.6 Å². The van der Waals surface area contributed by atoms with E-state index in [0.717, 1.165) is 30.0 Å². The van der Waals surface area contributed by atoms with Crippen LogP contribution in [-0.2, 0) is 17.8 Å². The first-order valence-corrected chi connectivity index (χ1v) is 8.49. The average Bonchev–Trinajstić information content (AvgIpc) is 2.58. The van der Waals surface area contributed by atoms with Crippen molar-refractivity contribution in [1.29, 1.82) is 0 Å². The van der Waals surface area contributed by atoms with Gasteiger partial charge in [0.15, 0.2) is 0 Å². The molecule has 0 radical (unpaired) electrons. The van der Waals surface area contributed by atoms with Gasteiger partial charge in [-0.2, -0.15) is 0 Å². The zero-order valence-corrected chi connectivity index (χ0v) is 14.6. The van der Waals surface area contributed by atoms with E-state index in [2.05, 4.69) is 10.6 Å². The Labute approximate surface area is 148 Å². The Morgan fingerprint density at radius 1 is 1.12 bits per heavy atom. The van der Waals surface area contributed by atoms with Gasteiger partial charge in [-0.25, -0.2) is 0 Å². The summed E-state index contributed by atoms with van der Waals surface area (Å²) in [7, 11) is 0. The van der Waals surface area contributed by atoms with Gasteiger partial charge in [0, 0.05) is 23.7 Å². The minimum atomic E-state index is 0.0103. The molecule has 0 aliphatic carbocycles. The zero-order chi connectivity index (χ0) is 17.2. The molecule has 5 heteroatoms. The second kappa shape index (κ2) is 9.96. The van der Waals surface area contributed by atoms with E-state index in [-0.39, 0.29) is 5.91 Å². The summed E-state index contributed by atoms with van der Waals surface area (Å²) in [6.07, 6.45) is 0.343. The van der Waals surface area contributed by atoms with Gasteiger partial charge in [0.1, 0.15) is 12.4 Å². The molecule has 0 spiro atoms. The van der Waals surface area contributed by atoms with Crippen molar-refractivity contribution < 1.29 is 9.53 Å². The number of nitrogens with one attached hydrogen (secondary N) is 2. The Balaban J connectivity index is 1.85. The number of amides is 1. The summed E-state index contributed by atoms with van der Waals surface area (Å²) in [5.41, 5.74) is 1.86. The van der Waals surface area contributed by atoms with E-state index in [1.54, 1.807) is 0 Å². The van der Waals surface area contributed by atoms with E-state index in [4.69, 9.17) is 16.3 Å². The van der Waals surface area contributed by atoms with Crippen LogP contribution in [0.4, 0.5) is 0 Å². The fourth-order valence-electron chi connectivity index (χ4n) is 2.24. The van der Waals surface area contributed by atoms with Crippen molar-refractivity contribution in [3.8, 4) is 5.75 Å². The Hall–Kier alpha value is -2.04. The van der Waals surface area contributed by atoms with Crippen LogP contribution < -0.4 is 15.4 Å². The summed E-state index contributed by atoms with van der Waals surface area (Å²) >= 11 is 6.12. The molecule has 24 heavy (non-hydrogen) atoms. The van der Waals surface area contributed by atoms with Crippen molar-refractivity contribution in [2.45, 2.75) is 20.0 Å². The topological polar surface area (TPSA) is 50.4 Å². The standard InChI is InChI=1S/C19H23ClN2O2/c1-2-21-10-11-22-19(23)13-15-6-5-8-17(12-15)24-14-16-7-3-4-9-18(16)20/h3-9,12,21H,2,10-11,13-14H2,1H3,(H,22,23). The van der Waals surface area contributed by atoms with Crippen LogP contribution in [-0.4, -0.2) is 25.5 Å². The number of ether oxygens (including phenoxy) is 1. The van der Waals surface area contributed by atoms with Crippen molar-refractivity contribution in [3.63, 3.8) is 0 Å². The van der Waals surface area contributed by atoms with Gasteiger partial charge in [-0.15, -0.1) is 0 Å². The van der Waals surface area contributed by atoms with Crippen LogP contribution in [0.25, 0.3) is 0 Å². The molecule has 0 aliphatic rings. The molecule has 2 aromatic rings. The van der Waals surface area contributed by atoms with E-state index >= 15 is 0 Å². The Bertz CT molecular complexity index is 661. The highest BCUT2D eigenvalue weighted by Gasteiger charge is 2.05. The fourth-order valence-corrected chi connectivity index (χ4v) is 2.43. The maximum atomic E-state index is 11.9. The highest BCUT2D eigenvalue weighted by molar-refractivity contribution is 6.31. The molecular formula is C19H23ClN2O2. The number of halogens is 1. The lowest BCUT2D eigenvalue weighted by Crippen LogP contribution is -2.32. The smallest absolute Gasteiger partial charge is 0.224 e. The first-order valence-electron chi connectivity index (χ1n) is 8.11. The zero-order valence-electron chi connectivity index (χ0n) is 13.8. The molecule has 0 aromatic heterocycles. The highest BCUT2D eigenvalue weighted by Crippen LogP contribution is 2.19. The molecule has 0 atom stereocenters. The molecule has 0 saturated heterocycles. The van der Waals surface area contributed by atoms with Gasteiger partial charge in [0.2, 0.25) is 5.91 Å². The molecule has 0 bridgehead atoms. The molecule has 0 aliphatic heterocycles. The number of likely N-dealkylation sites (N-methyl/N-ethyl adjacent to an activating group) is 1. The van der Waals surface area contributed by atoms with Crippen LogP contribution in [0.3, 0.4) is 0 Å². The summed E-state index contributed by atoms with van der Waals surface area (Å²) in [6, 6.07) is 15.2. The predicted molar refractivity (Wildman–Crippen MR) is 97.5 cm³/mol. The average molecular weight is 347 g/mol. The van der Waals surface area contributed by atoms with Gasteiger partial charge in [-0.05, 0) is 30.3 Å². The molecule has 0 fully saturated rings. The van der Waals surface area contributed by atoms with Gasteiger partial charge in [0.25, 0.3) is 0 Å². The van der Waals surface area contributed by atoms with Gasteiger partial charge in [-0.1, -0.05) is 48.9 Å². The Morgan fingerprint density at radius 3 is 2.75 bits per heavy atom. The van der Waals surface area contributed by atoms with Crippen LogP contribution in [0.2, 0.25) is 5.02 Å². The third-order valence-electron chi connectivity index (χ3n) is 3.49. The van der Waals surface area contributed by atoms with Crippen molar-refractivity contribution in [3.05, 3.63) is 64.7 Å². The molecule has 2 aromatic carbocycles. The molecule has 2 rings (SSSR count). The summed E-state index contributed by atoms with van der Waals surface area (Å²) in [6.45, 7) is 4.76. The molecule has 0 saturated carbocycles. The Kier molecular flexibility index (Phi) is 7.59. The minimum absolute atomic E-state index is 0.0103. The van der Waals surface area contributed by atoms with Crippen LogP contribution in [0.1, 0.15) is 18.1 Å². The molecular weight excluding hydrogens is 324 g/mol. The van der Waals surface area contributed by atoms with Crippen molar-refractivity contribution >= 4 is 17.5 Å².